The molecule has 0 saturated carbocycles. The van der Waals surface area contributed by atoms with E-state index >= 15 is 0 Å². The lowest BCUT2D eigenvalue weighted by Crippen LogP contribution is -2.31. The Labute approximate surface area is 213 Å². The number of para-hydroxylation sites is 1. The molecule has 3 aliphatic rings. The monoisotopic (exact) mass is 481 g/mol. The molecule has 0 radical (unpaired) electrons. The summed E-state index contributed by atoms with van der Waals surface area (Å²) in [5.74, 6) is 1.86. The smallest absolute Gasteiger partial charge is 0.256 e. The van der Waals surface area contributed by atoms with E-state index in [9.17, 15) is 4.79 Å². The van der Waals surface area contributed by atoms with Gasteiger partial charge in [0.15, 0.2) is 0 Å². The minimum absolute atomic E-state index is 0.0467. The zero-order valence-electron chi connectivity index (χ0n) is 20.9. The van der Waals surface area contributed by atoms with Crippen LogP contribution in [0.4, 0.5) is 11.4 Å². The number of aryl methyl sites for hydroxylation is 1. The number of fused-ring (bicyclic) bond motifs is 2. The van der Waals surface area contributed by atoms with E-state index in [4.69, 9.17) is 4.42 Å². The van der Waals surface area contributed by atoms with Gasteiger partial charge in [-0.15, -0.1) is 0 Å². The summed E-state index contributed by atoms with van der Waals surface area (Å²) in [7, 11) is 0. The van der Waals surface area contributed by atoms with E-state index in [-0.39, 0.29) is 5.91 Å². The van der Waals surface area contributed by atoms with E-state index in [2.05, 4.69) is 45.9 Å². The summed E-state index contributed by atoms with van der Waals surface area (Å²) in [5.41, 5.74) is 7.47. The summed E-state index contributed by atoms with van der Waals surface area (Å²) in [4.78, 5) is 15.6. The fourth-order valence-corrected chi connectivity index (χ4v) is 5.84. The van der Waals surface area contributed by atoms with Crippen molar-refractivity contribution in [3.8, 4) is 0 Å². The predicted octanol–water partition coefficient (Wildman–Crippen LogP) is 6.29. The largest absolute Gasteiger partial charge is 0.461 e. The Morgan fingerprint density at radius 1 is 0.972 bits per heavy atom. The van der Waals surface area contributed by atoms with Crippen LogP contribution in [0.25, 0.3) is 11.6 Å². The molecule has 6 rings (SSSR count). The highest BCUT2D eigenvalue weighted by Crippen LogP contribution is 2.37. The Morgan fingerprint density at radius 3 is 2.67 bits per heavy atom. The molecule has 0 bridgehead atoms. The van der Waals surface area contributed by atoms with Crippen LogP contribution < -0.4 is 10.6 Å². The zero-order chi connectivity index (χ0) is 24.3. The fourth-order valence-electron chi connectivity index (χ4n) is 5.84. The third-order valence-electron chi connectivity index (χ3n) is 7.86. The van der Waals surface area contributed by atoms with Crippen molar-refractivity contribution in [3.63, 3.8) is 0 Å². The van der Waals surface area contributed by atoms with Crippen LogP contribution in [0.15, 0.2) is 52.9 Å². The van der Waals surface area contributed by atoms with Gasteiger partial charge in [0, 0.05) is 42.0 Å². The Kier molecular flexibility index (Phi) is 6.65. The molecule has 2 aliphatic heterocycles. The second kappa shape index (κ2) is 10.4. The minimum Gasteiger partial charge on any atom is -0.461 e. The molecule has 0 unspecified atom stereocenters. The number of nitrogens with one attached hydrogen (secondary N) is 2. The molecule has 2 aromatic carbocycles. The van der Waals surface area contributed by atoms with Crippen molar-refractivity contribution in [2.45, 2.75) is 57.9 Å². The molecule has 0 spiro atoms. The van der Waals surface area contributed by atoms with E-state index in [1.165, 1.54) is 55.5 Å². The molecule has 5 nitrogen and oxygen atoms in total. The standard InChI is InChI=1S/C31H35N3O2/c35-31-26(25-19-22(13-14-28(25)33-31)15-18-34-16-7-2-8-17-34)20-30-27(21-32-23-9-3-1-4-10-23)24-11-5-6-12-29(24)36-30/h1,3-4,9-10,13-14,19-20,32H,2,5-8,11-12,15-18,21H2,(H,33,35). The number of carbonyl (C=O) groups excluding carboxylic acids is 1. The lowest BCUT2D eigenvalue weighted by Gasteiger charge is -2.26. The summed E-state index contributed by atoms with van der Waals surface area (Å²) in [5, 5.41) is 6.62. The molecule has 1 saturated heterocycles. The van der Waals surface area contributed by atoms with Crippen LogP contribution in [0.2, 0.25) is 0 Å². The first-order chi connectivity index (χ1) is 17.7. The Hall–Kier alpha value is -3.31. The third-order valence-corrected chi connectivity index (χ3v) is 7.86. The van der Waals surface area contributed by atoms with Crippen LogP contribution in [0.1, 0.15) is 65.9 Å². The molecule has 186 valence electrons. The number of rotatable bonds is 7. The Morgan fingerprint density at radius 2 is 1.81 bits per heavy atom. The fraction of sp³-hybridized carbons (Fsp3) is 0.387. The average Bonchev–Trinajstić information content (AvgIpc) is 3.43. The number of hydrogen-bond acceptors (Lipinski definition) is 4. The van der Waals surface area contributed by atoms with Crippen LogP contribution in [0.5, 0.6) is 0 Å². The van der Waals surface area contributed by atoms with Gasteiger partial charge in [-0.3, -0.25) is 4.79 Å². The number of nitrogens with zero attached hydrogens (tertiary/aromatic N) is 1. The van der Waals surface area contributed by atoms with Crippen molar-refractivity contribution in [1.29, 1.82) is 0 Å². The van der Waals surface area contributed by atoms with Gasteiger partial charge >= 0.3 is 0 Å². The van der Waals surface area contributed by atoms with E-state index in [1.807, 2.05) is 24.3 Å². The second-order valence-electron chi connectivity index (χ2n) is 10.3. The van der Waals surface area contributed by atoms with E-state index in [0.29, 0.717) is 12.1 Å². The molecule has 0 atom stereocenters. The zero-order valence-corrected chi connectivity index (χ0v) is 20.9. The second-order valence-corrected chi connectivity index (χ2v) is 10.3. The number of piperidine rings is 1. The topological polar surface area (TPSA) is 57.5 Å². The van der Waals surface area contributed by atoms with Crippen LogP contribution in [0, 0.1) is 0 Å². The van der Waals surface area contributed by atoms with Gasteiger partial charge in [-0.05, 0) is 93.1 Å². The molecule has 1 amide bonds. The van der Waals surface area contributed by atoms with Crippen molar-refractivity contribution >= 4 is 28.9 Å². The van der Waals surface area contributed by atoms with Crippen LogP contribution >= 0.6 is 0 Å². The molecule has 36 heavy (non-hydrogen) atoms. The predicted molar refractivity (Wildman–Crippen MR) is 146 cm³/mol. The maximum absolute atomic E-state index is 13.0. The highest BCUT2D eigenvalue weighted by molar-refractivity contribution is 6.34. The average molecular weight is 482 g/mol. The quantitative estimate of drug-likeness (QED) is 0.389. The van der Waals surface area contributed by atoms with E-state index in [1.54, 1.807) is 0 Å². The number of furan rings is 1. The number of carbonyl (C=O) groups is 1. The van der Waals surface area contributed by atoms with Crippen molar-refractivity contribution < 1.29 is 9.21 Å². The van der Waals surface area contributed by atoms with E-state index in [0.717, 1.165) is 60.7 Å². The normalized spacial score (nSPS) is 18.7. The highest BCUT2D eigenvalue weighted by atomic mass is 16.3. The van der Waals surface area contributed by atoms with E-state index < -0.39 is 0 Å². The number of hydrogen-bond donors (Lipinski definition) is 2. The summed E-state index contributed by atoms with van der Waals surface area (Å²) in [6, 6.07) is 16.7. The van der Waals surface area contributed by atoms with Gasteiger partial charge in [0.2, 0.25) is 0 Å². The molecule has 1 aliphatic carbocycles. The first-order valence-electron chi connectivity index (χ1n) is 13.6. The van der Waals surface area contributed by atoms with Crippen molar-refractivity contribution in [2.24, 2.45) is 0 Å². The van der Waals surface area contributed by atoms with Gasteiger partial charge < -0.3 is 20.0 Å². The lowest BCUT2D eigenvalue weighted by atomic mass is 9.94. The van der Waals surface area contributed by atoms with Crippen LogP contribution in [-0.4, -0.2) is 30.4 Å². The maximum Gasteiger partial charge on any atom is 0.256 e. The third kappa shape index (κ3) is 4.85. The molecule has 3 aromatic rings. The molecule has 1 fully saturated rings. The van der Waals surface area contributed by atoms with Crippen molar-refractivity contribution in [1.82, 2.24) is 4.90 Å². The summed E-state index contributed by atoms with van der Waals surface area (Å²) >= 11 is 0. The maximum atomic E-state index is 13.0. The highest BCUT2D eigenvalue weighted by Gasteiger charge is 2.27. The van der Waals surface area contributed by atoms with Gasteiger partial charge in [-0.2, -0.15) is 0 Å². The number of benzene rings is 2. The van der Waals surface area contributed by atoms with Crippen LogP contribution in [-0.2, 0) is 30.6 Å². The number of anilines is 2. The van der Waals surface area contributed by atoms with Crippen molar-refractivity contribution in [3.05, 3.63) is 82.3 Å². The summed E-state index contributed by atoms with van der Waals surface area (Å²) in [6.45, 7) is 4.18. The van der Waals surface area contributed by atoms with Crippen LogP contribution in [0.3, 0.4) is 0 Å². The minimum atomic E-state index is -0.0467. The van der Waals surface area contributed by atoms with Gasteiger partial charge in [0.05, 0.1) is 5.57 Å². The molecule has 5 heteroatoms. The first kappa shape index (κ1) is 23.1. The molecule has 3 heterocycles. The lowest BCUT2D eigenvalue weighted by molar-refractivity contribution is -0.110. The molecule has 1 aromatic heterocycles. The molecular weight excluding hydrogens is 446 g/mol. The SMILES string of the molecule is O=C1Nc2ccc(CCN3CCCCC3)cc2C1=Cc1oc2c(c1CNc1ccccc1)CCCC2. The summed E-state index contributed by atoms with van der Waals surface area (Å²) < 4.78 is 6.40. The Bertz CT molecular complexity index is 1270. The molecule has 2 N–H and O–H groups in total. The number of amides is 1. The van der Waals surface area contributed by atoms with Gasteiger partial charge in [0.25, 0.3) is 5.91 Å². The number of likely N-dealkylation sites (tertiary alicyclic amines) is 1. The Balaban J connectivity index is 1.28. The van der Waals surface area contributed by atoms with Crippen molar-refractivity contribution in [2.75, 3.05) is 30.3 Å². The van der Waals surface area contributed by atoms with Gasteiger partial charge in [0.1, 0.15) is 11.5 Å². The van der Waals surface area contributed by atoms with Gasteiger partial charge in [-0.25, -0.2) is 0 Å². The molecular formula is C31H35N3O2. The van der Waals surface area contributed by atoms with Gasteiger partial charge in [-0.1, -0.05) is 30.7 Å². The summed E-state index contributed by atoms with van der Waals surface area (Å²) in [6.07, 6.45) is 11.3. The first-order valence-corrected chi connectivity index (χ1v) is 13.6.